The Morgan fingerprint density at radius 1 is 1.14 bits per heavy atom. The van der Waals surface area contributed by atoms with Gasteiger partial charge >= 0.3 is 12.3 Å². The van der Waals surface area contributed by atoms with Crippen LogP contribution < -0.4 is 10.9 Å². The number of hydrogen-bond donors (Lipinski definition) is 2. The van der Waals surface area contributed by atoms with E-state index in [2.05, 4.69) is 15.9 Å². The summed E-state index contributed by atoms with van der Waals surface area (Å²) in [4.78, 5) is 23.1. The molecule has 0 bridgehead atoms. The smallest absolute Gasteiger partial charge is 0.426 e. The minimum Gasteiger partial charge on any atom is -0.443 e. The van der Waals surface area contributed by atoms with Crippen molar-refractivity contribution < 1.29 is 27.5 Å². The maximum atomic E-state index is 12.7. The number of carbonyl (C=O) groups excluding carboxylic acids is 2. The standard InChI is InChI=1S/C13H14BrF3N2O3/c1-12(2,3)22-11(21)19-18-10(20)7-4-5-9(14)8(6-7)13(15,16)17/h4-6H,1-3H3,(H,18,20)(H,19,21). The quantitative estimate of drug-likeness (QED) is 0.728. The number of alkyl halides is 3. The normalized spacial score (nSPS) is 11.8. The molecule has 0 aromatic heterocycles. The van der Waals surface area contributed by atoms with Crippen molar-refractivity contribution in [2.75, 3.05) is 0 Å². The van der Waals surface area contributed by atoms with Crippen LogP contribution in [0, 0.1) is 0 Å². The van der Waals surface area contributed by atoms with E-state index in [0.717, 1.165) is 6.07 Å². The van der Waals surface area contributed by atoms with E-state index in [0.29, 0.717) is 6.07 Å². The van der Waals surface area contributed by atoms with E-state index in [-0.39, 0.29) is 10.0 Å². The molecule has 9 heteroatoms. The van der Waals surface area contributed by atoms with Crippen molar-refractivity contribution in [3.63, 3.8) is 0 Å². The molecule has 22 heavy (non-hydrogen) atoms. The Labute approximate surface area is 133 Å². The van der Waals surface area contributed by atoms with Crippen LogP contribution in [-0.2, 0) is 10.9 Å². The second-order valence-electron chi connectivity index (χ2n) is 5.27. The molecule has 1 rings (SSSR count). The highest BCUT2D eigenvalue weighted by Gasteiger charge is 2.33. The van der Waals surface area contributed by atoms with Crippen LogP contribution >= 0.6 is 15.9 Å². The van der Waals surface area contributed by atoms with Gasteiger partial charge in [-0.1, -0.05) is 15.9 Å². The minimum atomic E-state index is -4.60. The van der Waals surface area contributed by atoms with Crippen molar-refractivity contribution in [3.8, 4) is 0 Å². The molecule has 0 unspecified atom stereocenters. The third-order valence-corrected chi connectivity index (χ3v) is 2.90. The molecule has 0 saturated carbocycles. The summed E-state index contributed by atoms with van der Waals surface area (Å²) in [5, 5.41) is 0. The van der Waals surface area contributed by atoms with Crippen LogP contribution in [0.3, 0.4) is 0 Å². The van der Waals surface area contributed by atoms with Gasteiger partial charge in [0.15, 0.2) is 0 Å². The van der Waals surface area contributed by atoms with Crippen molar-refractivity contribution in [1.29, 1.82) is 0 Å². The topological polar surface area (TPSA) is 67.4 Å². The third-order valence-electron chi connectivity index (χ3n) is 2.21. The molecular formula is C13H14BrF3N2O3. The number of nitrogens with one attached hydrogen (secondary N) is 2. The van der Waals surface area contributed by atoms with Gasteiger partial charge in [-0.25, -0.2) is 10.2 Å². The molecule has 0 heterocycles. The summed E-state index contributed by atoms with van der Waals surface area (Å²) in [6.07, 6.45) is -5.53. The Bertz CT molecular complexity index is 583. The van der Waals surface area contributed by atoms with Crippen molar-refractivity contribution in [1.82, 2.24) is 10.9 Å². The molecule has 0 atom stereocenters. The molecule has 0 spiro atoms. The lowest BCUT2D eigenvalue weighted by molar-refractivity contribution is -0.138. The molecule has 1 aromatic carbocycles. The lowest BCUT2D eigenvalue weighted by Crippen LogP contribution is -2.44. The van der Waals surface area contributed by atoms with E-state index in [4.69, 9.17) is 4.74 Å². The number of hydrogen-bond acceptors (Lipinski definition) is 3. The number of carbonyl (C=O) groups is 2. The van der Waals surface area contributed by atoms with Crippen LogP contribution in [-0.4, -0.2) is 17.6 Å². The van der Waals surface area contributed by atoms with Crippen LogP contribution in [0.5, 0.6) is 0 Å². The molecule has 1 aromatic rings. The van der Waals surface area contributed by atoms with E-state index >= 15 is 0 Å². The predicted octanol–water partition coefficient (Wildman–Crippen LogP) is 3.64. The summed E-state index contributed by atoms with van der Waals surface area (Å²) in [6, 6.07) is 2.97. The predicted molar refractivity (Wildman–Crippen MR) is 76.0 cm³/mol. The van der Waals surface area contributed by atoms with E-state index in [1.165, 1.54) is 6.07 Å². The van der Waals surface area contributed by atoms with E-state index in [1.807, 2.05) is 10.9 Å². The molecule has 2 N–H and O–H groups in total. The van der Waals surface area contributed by atoms with Crippen LogP contribution in [0.25, 0.3) is 0 Å². The third kappa shape index (κ3) is 5.55. The number of hydrazine groups is 1. The zero-order chi connectivity index (χ0) is 17.1. The van der Waals surface area contributed by atoms with Gasteiger partial charge in [-0.3, -0.25) is 10.2 Å². The fourth-order valence-electron chi connectivity index (χ4n) is 1.37. The van der Waals surface area contributed by atoms with Crippen molar-refractivity contribution in [2.45, 2.75) is 32.5 Å². The maximum Gasteiger partial charge on any atom is 0.426 e. The highest BCUT2D eigenvalue weighted by molar-refractivity contribution is 9.10. The summed E-state index contributed by atoms with van der Waals surface area (Å²) in [6.45, 7) is 4.87. The lowest BCUT2D eigenvalue weighted by Gasteiger charge is -2.19. The number of halogens is 4. The van der Waals surface area contributed by atoms with E-state index < -0.39 is 29.3 Å². The molecular weight excluding hydrogens is 369 g/mol. The molecule has 2 amide bonds. The molecule has 0 aliphatic rings. The van der Waals surface area contributed by atoms with Crippen LogP contribution in [0.4, 0.5) is 18.0 Å². The fourth-order valence-corrected chi connectivity index (χ4v) is 1.84. The Morgan fingerprint density at radius 3 is 2.23 bits per heavy atom. The van der Waals surface area contributed by atoms with Gasteiger partial charge in [0.1, 0.15) is 5.60 Å². The lowest BCUT2D eigenvalue weighted by atomic mass is 10.1. The van der Waals surface area contributed by atoms with Crippen molar-refractivity contribution in [3.05, 3.63) is 33.8 Å². The van der Waals surface area contributed by atoms with Gasteiger partial charge in [0.05, 0.1) is 5.56 Å². The first-order chi connectivity index (χ1) is 9.90. The summed E-state index contributed by atoms with van der Waals surface area (Å²) in [5.74, 6) is -0.899. The SMILES string of the molecule is CC(C)(C)OC(=O)NNC(=O)c1ccc(Br)c(C(F)(F)F)c1. The Hall–Kier alpha value is -1.77. The number of amides is 2. The highest BCUT2D eigenvalue weighted by atomic mass is 79.9. The monoisotopic (exact) mass is 382 g/mol. The maximum absolute atomic E-state index is 12.7. The average molecular weight is 383 g/mol. The molecule has 0 aliphatic carbocycles. The van der Waals surface area contributed by atoms with E-state index in [9.17, 15) is 22.8 Å². The van der Waals surface area contributed by atoms with Gasteiger partial charge in [0.2, 0.25) is 0 Å². The Kier molecular flexibility index (Phi) is 5.44. The molecule has 5 nitrogen and oxygen atoms in total. The Balaban J connectivity index is 2.77. The van der Waals surface area contributed by atoms with Gasteiger partial charge in [0, 0.05) is 10.0 Å². The summed E-state index contributed by atoms with van der Waals surface area (Å²) >= 11 is 2.77. The van der Waals surface area contributed by atoms with Gasteiger partial charge < -0.3 is 4.74 Å². The zero-order valence-corrected chi connectivity index (χ0v) is 13.6. The number of ether oxygens (including phenoxy) is 1. The van der Waals surface area contributed by atoms with E-state index in [1.54, 1.807) is 20.8 Å². The largest absolute Gasteiger partial charge is 0.443 e. The molecule has 0 aliphatic heterocycles. The van der Waals surface area contributed by atoms with Crippen molar-refractivity contribution in [2.24, 2.45) is 0 Å². The van der Waals surface area contributed by atoms with Gasteiger partial charge in [-0.2, -0.15) is 13.2 Å². The van der Waals surface area contributed by atoms with Gasteiger partial charge in [0.25, 0.3) is 5.91 Å². The zero-order valence-electron chi connectivity index (χ0n) is 12.0. The van der Waals surface area contributed by atoms with Gasteiger partial charge in [-0.05, 0) is 39.0 Å². The van der Waals surface area contributed by atoms with Crippen molar-refractivity contribution >= 4 is 27.9 Å². The second kappa shape index (κ2) is 6.55. The fraction of sp³-hybridized carbons (Fsp3) is 0.385. The second-order valence-corrected chi connectivity index (χ2v) is 6.13. The first kappa shape index (κ1) is 18.3. The highest BCUT2D eigenvalue weighted by Crippen LogP contribution is 2.35. The number of benzene rings is 1. The first-order valence-corrected chi connectivity index (χ1v) is 6.85. The minimum absolute atomic E-state index is 0.184. The molecule has 0 saturated heterocycles. The summed E-state index contributed by atoms with van der Waals surface area (Å²) in [5.41, 5.74) is 1.92. The summed E-state index contributed by atoms with van der Waals surface area (Å²) in [7, 11) is 0. The van der Waals surface area contributed by atoms with Crippen LogP contribution in [0.1, 0.15) is 36.7 Å². The summed E-state index contributed by atoms with van der Waals surface area (Å²) < 4.78 is 42.9. The van der Waals surface area contributed by atoms with Gasteiger partial charge in [-0.15, -0.1) is 0 Å². The molecule has 0 fully saturated rings. The van der Waals surface area contributed by atoms with Crippen LogP contribution in [0.2, 0.25) is 0 Å². The number of rotatable bonds is 1. The Morgan fingerprint density at radius 2 is 1.73 bits per heavy atom. The molecule has 0 radical (unpaired) electrons. The first-order valence-electron chi connectivity index (χ1n) is 6.06. The molecule has 122 valence electrons. The average Bonchev–Trinajstić information content (AvgIpc) is 2.33. The van der Waals surface area contributed by atoms with Crippen LogP contribution in [0.15, 0.2) is 22.7 Å².